The van der Waals surface area contributed by atoms with Crippen LogP contribution in [0.3, 0.4) is 0 Å². The number of halogens is 1. The second kappa shape index (κ2) is 10.9. The lowest BCUT2D eigenvalue weighted by Crippen LogP contribution is -2.48. The molecule has 1 saturated heterocycles. The van der Waals surface area contributed by atoms with Gasteiger partial charge < -0.3 is 24.8 Å². The molecule has 8 heteroatoms. The standard InChI is InChI=1S/C26H36ClN3O4/c1-18-6-9-20(23(27)29-18)12-13-26(28-15-19-7-10-22(33-5)11-8-19)14-21(16-31)30(17-26)24(32)34-25(2,3)4/h6-11,21,28,31H,12-17H2,1-5H3/t21-,26?/m1/s1. The third kappa shape index (κ3) is 6.84. The maximum Gasteiger partial charge on any atom is 0.410 e. The molecule has 1 fully saturated rings. The van der Waals surface area contributed by atoms with Crippen LogP contribution in [0.1, 0.15) is 50.4 Å². The number of likely N-dealkylation sites (tertiary alicyclic amines) is 1. The first kappa shape index (κ1) is 26.3. The number of hydrogen-bond donors (Lipinski definition) is 2. The molecule has 1 aromatic carbocycles. The number of aromatic nitrogens is 1. The highest BCUT2D eigenvalue weighted by Crippen LogP contribution is 2.33. The Bertz CT molecular complexity index is 977. The van der Waals surface area contributed by atoms with Crippen LogP contribution in [0.4, 0.5) is 4.79 Å². The highest BCUT2D eigenvalue weighted by atomic mass is 35.5. The molecule has 3 rings (SSSR count). The second-order valence-corrected chi connectivity index (χ2v) is 10.4. The fraction of sp³-hybridized carbons (Fsp3) is 0.538. The Morgan fingerprint density at radius 1 is 1.26 bits per heavy atom. The van der Waals surface area contributed by atoms with Gasteiger partial charge in [0.15, 0.2) is 0 Å². The van der Waals surface area contributed by atoms with E-state index in [2.05, 4.69) is 10.3 Å². The lowest BCUT2D eigenvalue weighted by molar-refractivity contribution is 0.0167. The van der Waals surface area contributed by atoms with Crippen LogP contribution in [0, 0.1) is 6.92 Å². The predicted molar refractivity (Wildman–Crippen MR) is 133 cm³/mol. The van der Waals surface area contributed by atoms with E-state index in [0.29, 0.717) is 31.1 Å². The van der Waals surface area contributed by atoms with Crippen LogP contribution in [-0.4, -0.2) is 58.5 Å². The van der Waals surface area contributed by atoms with E-state index >= 15 is 0 Å². The van der Waals surface area contributed by atoms with Crippen molar-refractivity contribution in [3.05, 3.63) is 58.4 Å². The molecule has 0 radical (unpaired) electrons. The lowest BCUT2D eigenvalue weighted by Gasteiger charge is -2.32. The Labute approximate surface area is 207 Å². The van der Waals surface area contributed by atoms with E-state index in [1.165, 1.54) is 0 Å². The summed E-state index contributed by atoms with van der Waals surface area (Å²) in [6, 6.07) is 11.5. The number of nitrogens with one attached hydrogen (secondary N) is 1. The largest absolute Gasteiger partial charge is 0.497 e. The van der Waals surface area contributed by atoms with Gasteiger partial charge in [0.25, 0.3) is 0 Å². The molecule has 2 atom stereocenters. The summed E-state index contributed by atoms with van der Waals surface area (Å²) in [6.07, 6.45) is 1.62. The number of amides is 1. The highest BCUT2D eigenvalue weighted by molar-refractivity contribution is 6.30. The van der Waals surface area contributed by atoms with E-state index in [9.17, 15) is 9.90 Å². The Balaban J connectivity index is 1.81. The number of ether oxygens (including phenoxy) is 2. The van der Waals surface area contributed by atoms with Gasteiger partial charge in [0.2, 0.25) is 0 Å². The first-order valence-electron chi connectivity index (χ1n) is 11.6. The number of aliphatic hydroxyl groups is 1. The zero-order valence-corrected chi connectivity index (χ0v) is 21.5. The maximum absolute atomic E-state index is 12.9. The molecular formula is C26H36ClN3O4. The maximum atomic E-state index is 12.9. The van der Waals surface area contributed by atoms with Gasteiger partial charge in [0.1, 0.15) is 16.5 Å². The summed E-state index contributed by atoms with van der Waals surface area (Å²) >= 11 is 6.40. The van der Waals surface area contributed by atoms with Gasteiger partial charge in [-0.05, 0) is 76.3 Å². The quantitative estimate of drug-likeness (QED) is 0.530. The first-order chi connectivity index (χ1) is 16.0. The lowest BCUT2D eigenvalue weighted by atomic mass is 9.88. The SMILES string of the molecule is COc1ccc(CNC2(CCc3ccc(C)nc3Cl)C[C@H](CO)N(C(=O)OC(C)(C)C)C2)cc1. The summed E-state index contributed by atoms with van der Waals surface area (Å²) in [4.78, 5) is 19.0. The number of carbonyl (C=O) groups is 1. The molecule has 2 heterocycles. The van der Waals surface area contributed by atoms with Crippen molar-refractivity contribution in [2.45, 2.75) is 70.7 Å². The van der Waals surface area contributed by atoms with Crippen LogP contribution in [-0.2, 0) is 17.7 Å². The van der Waals surface area contributed by atoms with Gasteiger partial charge in [-0.3, -0.25) is 0 Å². The van der Waals surface area contributed by atoms with Gasteiger partial charge in [0, 0.05) is 24.3 Å². The van der Waals surface area contributed by atoms with E-state index < -0.39 is 17.2 Å². The molecule has 0 spiro atoms. The van der Waals surface area contributed by atoms with Crippen LogP contribution in [0.2, 0.25) is 5.15 Å². The molecule has 1 amide bonds. The predicted octanol–water partition coefficient (Wildman–Crippen LogP) is 4.51. The number of hydrogen-bond acceptors (Lipinski definition) is 6. The fourth-order valence-corrected chi connectivity index (χ4v) is 4.61. The number of carbonyl (C=O) groups excluding carboxylic acids is 1. The minimum Gasteiger partial charge on any atom is -0.497 e. The number of rotatable bonds is 8. The molecule has 34 heavy (non-hydrogen) atoms. The Kier molecular flexibility index (Phi) is 8.44. The van der Waals surface area contributed by atoms with E-state index in [1.54, 1.807) is 12.0 Å². The van der Waals surface area contributed by atoms with Crippen LogP contribution >= 0.6 is 11.6 Å². The molecule has 7 nitrogen and oxygen atoms in total. The van der Waals surface area contributed by atoms with E-state index in [-0.39, 0.29) is 12.6 Å². The molecule has 1 aromatic heterocycles. The van der Waals surface area contributed by atoms with Gasteiger partial charge >= 0.3 is 6.09 Å². The van der Waals surface area contributed by atoms with E-state index in [1.807, 2.05) is 64.1 Å². The normalized spacial score (nSPS) is 20.4. The first-order valence-corrected chi connectivity index (χ1v) is 12.0. The number of aliphatic hydroxyl groups excluding tert-OH is 1. The van der Waals surface area contributed by atoms with Crippen molar-refractivity contribution >= 4 is 17.7 Å². The Morgan fingerprint density at radius 2 is 1.97 bits per heavy atom. The van der Waals surface area contributed by atoms with Crippen molar-refractivity contribution < 1.29 is 19.4 Å². The van der Waals surface area contributed by atoms with Crippen molar-refractivity contribution in [2.24, 2.45) is 0 Å². The van der Waals surface area contributed by atoms with Crippen LogP contribution < -0.4 is 10.1 Å². The van der Waals surface area contributed by atoms with Gasteiger partial charge in [-0.1, -0.05) is 29.8 Å². The fourth-order valence-electron chi connectivity index (χ4n) is 4.32. The van der Waals surface area contributed by atoms with Crippen LogP contribution in [0.25, 0.3) is 0 Å². The summed E-state index contributed by atoms with van der Waals surface area (Å²) in [5.74, 6) is 0.803. The van der Waals surface area contributed by atoms with E-state index in [0.717, 1.165) is 29.0 Å². The molecule has 1 aliphatic heterocycles. The summed E-state index contributed by atoms with van der Waals surface area (Å²) < 4.78 is 10.9. The summed E-state index contributed by atoms with van der Waals surface area (Å²) in [5, 5.41) is 14.3. The third-order valence-corrected chi connectivity index (χ3v) is 6.47. The number of methoxy groups -OCH3 is 1. The number of pyridine rings is 1. The molecule has 0 aliphatic carbocycles. The molecule has 1 aliphatic rings. The molecule has 186 valence electrons. The zero-order valence-electron chi connectivity index (χ0n) is 20.7. The molecule has 0 bridgehead atoms. The summed E-state index contributed by atoms with van der Waals surface area (Å²) in [6.45, 7) is 8.36. The molecule has 2 aromatic rings. The summed E-state index contributed by atoms with van der Waals surface area (Å²) in [7, 11) is 1.64. The minimum atomic E-state index is -0.611. The van der Waals surface area contributed by atoms with Gasteiger partial charge in [-0.2, -0.15) is 0 Å². The molecule has 1 unspecified atom stereocenters. The van der Waals surface area contributed by atoms with Crippen molar-refractivity contribution in [3.8, 4) is 5.75 Å². The van der Waals surface area contributed by atoms with Gasteiger partial charge in [0.05, 0.1) is 19.8 Å². The van der Waals surface area contributed by atoms with Crippen LogP contribution in [0.5, 0.6) is 5.75 Å². The summed E-state index contributed by atoms with van der Waals surface area (Å²) in [5.41, 5.74) is 1.91. The van der Waals surface area contributed by atoms with Gasteiger partial charge in [-0.25, -0.2) is 9.78 Å². The molecular weight excluding hydrogens is 454 g/mol. The van der Waals surface area contributed by atoms with Gasteiger partial charge in [-0.15, -0.1) is 0 Å². The number of nitrogens with zero attached hydrogens (tertiary/aromatic N) is 2. The van der Waals surface area contributed by atoms with Crippen LogP contribution in [0.15, 0.2) is 36.4 Å². The van der Waals surface area contributed by atoms with Crippen molar-refractivity contribution in [2.75, 3.05) is 20.3 Å². The Morgan fingerprint density at radius 3 is 2.56 bits per heavy atom. The van der Waals surface area contributed by atoms with Crippen molar-refractivity contribution in [3.63, 3.8) is 0 Å². The van der Waals surface area contributed by atoms with E-state index in [4.69, 9.17) is 21.1 Å². The van der Waals surface area contributed by atoms with Crippen molar-refractivity contribution in [1.82, 2.24) is 15.2 Å². The second-order valence-electron chi connectivity index (χ2n) is 10.0. The smallest absolute Gasteiger partial charge is 0.410 e. The molecule has 2 N–H and O–H groups in total. The molecule has 0 saturated carbocycles. The van der Waals surface area contributed by atoms with Crippen molar-refractivity contribution in [1.29, 1.82) is 0 Å². The number of aryl methyl sites for hydroxylation is 2. The Hall–Kier alpha value is -2.35. The zero-order chi connectivity index (χ0) is 24.9. The third-order valence-electron chi connectivity index (χ3n) is 6.14. The number of benzene rings is 1. The highest BCUT2D eigenvalue weighted by Gasteiger charge is 2.46. The average molecular weight is 490 g/mol. The average Bonchev–Trinajstić information content (AvgIpc) is 3.16. The minimum absolute atomic E-state index is 0.127. The topological polar surface area (TPSA) is 83.9 Å². The monoisotopic (exact) mass is 489 g/mol.